The summed E-state index contributed by atoms with van der Waals surface area (Å²) in [7, 11) is 2.18. The molecule has 15 heavy (non-hydrogen) atoms. The molecular weight excluding hydrogens is 188 g/mol. The molecule has 0 aliphatic carbocycles. The summed E-state index contributed by atoms with van der Waals surface area (Å²) in [6, 6.07) is 0.636. The molecule has 0 rings (SSSR count). The molecule has 0 bridgehead atoms. The first-order valence-corrected chi connectivity index (χ1v) is 6.24. The summed E-state index contributed by atoms with van der Waals surface area (Å²) in [6.45, 7) is 11.4. The van der Waals surface area contributed by atoms with Gasteiger partial charge in [-0.15, -0.1) is 0 Å². The van der Waals surface area contributed by atoms with Crippen LogP contribution in [0.5, 0.6) is 0 Å². The average Bonchev–Trinajstić information content (AvgIpc) is 2.24. The molecule has 1 unspecified atom stereocenters. The second-order valence-corrected chi connectivity index (χ2v) is 3.94. The maximum Gasteiger partial charge on any atom is 0.0593 e. The van der Waals surface area contributed by atoms with Crippen molar-refractivity contribution in [2.45, 2.75) is 39.7 Å². The van der Waals surface area contributed by atoms with Gasteiger partial charge in [0, 0.05) is 25.7 Å². The van der Waals surface area contributed by atoms with Crippen molar-refractivity contribution in [3.8, 4) is 0 Å². The summed E-state index contributed by atoms with van der Waals surface area (Å²) < 4.78 is 5.36. The van der Waals surface area contributed by atoms with Crippen molar-refractivity contribution < 1.29 is 4.74 Å². The molecule has 0 aromatic rings. The van der Waals surface area contributed by atoms with Gasteiger partial charge in [0.2, 0.25) is 0 Å². The maximum atomic E-state index is 5.36. The molecule has 0 fully saturated rings. The lowest BCUT2D eigenvalue weighted by Gasteiger charge is -2.27. The summed E-state index contributed by atoms with van der Waals surface area (Å²) in [4.78, 5) is 2.39. The second kappa shape index (κ2) is 10.4. The molecule has 0 heterocycles. The SMILES string of the molecule is CCCNCC(CC)N(C)CCOCC. The fraction of sp³-hybridized carbons (Fsp3) is 1.00. The standard InChI is InChI=1S/C12H28N2O/c1-5-8-13-11-12(6-2)14(4)9-10-15-7-3/h12-13H,5-11H2,1-4H3. The monoisotopic (exact) mass is 216 g/mol. The number of likely N-dealkylation sites (N-methyl/N-ethyl adjacent to an activating group) is 1. The number of rotatable bonds is 10. The van der Waals surface area contributed by atoms with E-state index in [4.69, 9.17) is 4.74 Å². The minimum Gasteiger partial charge on any atom is -0.380 e. The van der Waals surface area contributed by atoms with E-state index in [0.29, 0.717) is 6.04 Å². The van der Waals surface area contributed by atoms with E-state index in [1.165, 1.54) is 12.8 Å². The van der Waals surface area contributed by atoms with E-state index >= 15 is 0 Å². The van der Waals surface area contributed by atoms with Crippen molar-refractivity contribution >= 4 is 0 Å². The van der Waals surface area contributed by atoms with E-state index < -0.39 is 0 Å². The molecule has 0 saturated heterocycles. The van der Waals surface area contributed by atoms with Gasteiger partial charge in [-0.05, 0) is 33.4 Å². The summed E-state index contributed by atoms with van der Waals surface area (Å²) in [6.07, 6.45) is 2.40. The van der Waals surface area contributed by atoms with Gasteiger partial charge >= 0.3 is 0 Å². The Morgan fingerprint density at radius 1 is 1.27 bits per heavy atom. The lowest BCUT2D eigenvalue weighted by atomic mass is 10.2. The van der Waals surface area contributed by atoms with Crippen molar-refractivity contribution in [2.24, 2.45) is 0 Å². The zero-order valence-electron chi connectivity index (χ0n) is 10.9. The van der Waals surface area contributed by atoms with E-state index in [0.717, 1.165) is 32.8 Å². The first-order chi connectivity index (χ1) is 7.26. The highest BCUT2D eigenvalue weighted by atomic mass is 16.5. The van der Waals surface area contributed by atoms with Gasteiger partial charge in [0.05, 0.1) is 6.61 Å². The van der Waals surface area contributed by atoms with Gasteiger partial charge in [-0.25, -0.2) is 0 Å². The summed E-state index contributed by atoms with van der Waals surface area (Å²) >= 11 is 0. The number of nitrogens with one attached hydrogen (secondary N) is 1. The third kappa shape index (κ3) is 7.77. The molecule has 1 N–H and O–H groups in total. The van der Waals surface area contributed by atoms with E-state index in [1.807, 2.05) is 6.92 Å². The molecule has 0 aliphatic heterocycles. The largest absolute Gasteiger partial charge is 0.380 e. The van der Waals surface area contributed by atoms with Crippen LogP contribution in [0.15, 0.2) is 0 Å². The molecule has 1 atom stereocenters. The van der Waals surface area contributed by atoms with Crippen molar-refractivity contribution in [3.05, 3.63) is 0 Å². The van der Waals surface area contributed by atoms with Crippen LogP contribution in [0, 0.1) is 0 Å². The minimum atomic E-state index is 0.636. The Bertz CT molecular complexity index is 131. The quantitative estimate of drug-likeness (QED) is 0.563. The first-order valence-electron chi connectivity index (χ1n) is 6.24. The van der Waals surface area contributed by atoms with Crippen LogP contribution in [0.2, 0.25) is 0 Å². The number of hydrogen-bond acceptors (Lipinski definition) is 3. The molecule has 0 radical (unpaired) electrons. The first kappa shape index (κ1) is 14.9. The Morgan fingerprint density at radius 2 is 2.00 bits per heavy atom. The van der Waals surface area contributed by atoms with E-state index in [-0.39, 0.29) is 0 Å². The van der Waals surface area contributed by atoms with Gasteiger partial charge in [-0.2, -0.15) is 0 Å². The van der Waals surface area contributed by atoms with Crippen LogP contribution >= 0.6 is 0 Å². The van der Waals surface area contributed by atoms with Crippen LogP contribution in [0.3, 0.4) is 0 Å². The molecule has 92 valence electrons. The Morgan fingerprint density at radius 3 is 2.53 bits per heavy atom. The predicted octanol–water partition coefficient (Wildman–Crippen LogP) is 1.73. The molecule has 0 amide bonds. The van der Waals surface area contributed by atoms with Crippen LogP contribution in [-0.2, 0) is 4.74 Å². The van der Waals surface area contributed by atoms with E-state index in [2.05, 4.69) is 31.1 Å². The topological polar surface area (TPSA) is 24.5 Å². The van der Waals surface area contributed by atoms with E-state index in [9.17, 15) is 0 Å². The third-order valence-corrected chi connectivity index (χ3v) is 2.69. The molecule has 0 aromatic heterocycles. The van der Waals surface area contributed by atoms with Crippen LogP contribution in [0.25, 0.3) is 0 Å². The van der Waals surface area contributed by atoms with E-state index in [1.54, 1.807) is 0 Å². The van der Waals surface area contributed by atoms with Crippen LogP contribution < -0.4 is 5.32 Å². The Balaban J connectivity index is 3.62. The Kier molecular flexibility index (Phi) is 10.3. The van der Waals surface area contributed by atoms with Crippen LogP contribution in [0.1, 0.15) is 33.6 Å². The average molecular weight is 216 g/mol. The van der Waals surface area contributed by atoms with Crippen LogP contribution in [-0.4, -0.2) is 50.8 Å². The second-order valence-electron chi connectivity index (χ2n) is 3.94. The molecule has 0 spiro atoms. The van der Waals surface area contributed by atoms with Gasteiger partial charge in [-0.1, -0.05) is 13.8 Å². The van der Waals surface area contributed by atoms with Crippen molar-refractivity contribution in [3.63, 3.8) is 0 Å². The molecule has 3 heteroatoms. The molecule has 0 saturated carbocycles. The fourth-order valence-electron chi connectivity index (χ4n) is 1.59. The highest BCUT2D eigenvalue weighted by Crippen LogP contribution is 2.00. The Labute approximate surface area is 95.2 Å². The fourth-order valence-corrected chi connectivity index (χ4v) is 1.59. The van der Waals surface area contributed by atoms with Crippen LogP contribution in [0.4, 0.5) is 0 Å². The minimum absolute atomic E-state index is 0.636. The van der Waals surface area contributed by atoms with Crippen molar-refractivity contribution in [1.29, 1.82) is 0 Å². The molecule has 3 nitrogen and oxygen atoms in total. The predicted molar refractivity (Wildman–Crippen MR) is 66.4 cm³/mol. The normalized spacial score (nSPS) is 13.4. The highest BCUT2D eigenvalue weighted by Gasteiger charge is 2.11. The number of hydrogen-bond donors (Lipinski definition) is 1. The van der Waals surface area contributed by atoms with Gasteiger partial charge in [0.1, 0.15) is 0 Å². The molecule has 0 aliphatic rings. The van der Waals surface area contributed by atoms with Gasteiger partial charge in [0.15, 0.2) is 0 Å². The Hall–Kier alpha value is -0.120. The summed E-state index contributed by atoms with van der Waals surface area (Å²) in [5.41, 5.74) is 0. The van der Waals surface area contributed by atoms with Gasteiger partial charge in [-0.3, -0.25) is 4.90 Å². The third-order valence-electron chi connectivity index (χ3n) is 2.69. The van der Waals surface area contributed by atoms with Crippen molar-refractivity contribution in [1.82, 2.24) is 10.2 Å². The number of nitrogens with zero attached hydrogens (tertiary/aromatic N) is 1. The summed E-state index contributed by atoms with van der Waals surface area (Å²) in [5.74, 6) is 0. The lowest BCUT2D eigenvalue weighted by molar-refractivity contribution is 0.106. The summed E-state index contributed by atoms with van der Waals surface area (Å²) in [5, 5.41) is 3.47. The van der Waals surface area contributed by atoms with Crippen molar-refractivity contribution in [2.75, 3.05) is 39.9 Å². The zero-order chi connectivity index (χ0) is 11.5. The smallest absolute Gasteiger partial charge is 0.0593 e. The zero-order valence-corrected chi connectivity index (χ0v) is 10.9. The number of ether oxygens (including phenoxy) is 1. The lowest BCUT2D eigenvalue weighted by Crippen LogP contribution is -2.41. The van der Waals surface area contributed by atoms with Gasteiger partial charge < -0.3 is 10.1 Å². The maximum absolute atomic E-state index is 5.36. The molecular formula is C12H28N2O. The molecule has 0 aromatic carbocycles. The van der Waals surface area contributed by atoms with Gasteiger partial charge in [0.25, 0.3) is 0 Å². The highest BCUT2D eigenvalue weighted by molar-refractivity contribution is 4.69.